The zero-order valence-corrected chi connectivity index (χ0v) is 15.3. The molecule has 2 unspecified atom stereocenters. The van der Waals surface area contributed by atoms with E-state index in [2.05, 4.69) is 0 Å². The molecule has 1 aliphatic rings. The molecule has 2 rings (SSSR count). The molecule has 0 radical (unpaired) electrons. The Hall–Kier alpha value is -2.13. The van der Waals surface area contributed by atoms with E-state index in [0.29, 0.717) is 4.90 Å². The third kappa shape index (κ3) is 5.70. The Labute approximate surface area is 154 Å². The van der Waals surface area contributed by atoms with Crippen LogP contribution in [-0.4, -0.2) is 48.3 Å². The van der Waals surface area contributed by atoms with Gasteiger partial charge in [-0.2, -0.15) is 0 Å². The first-order valence-electron chi connectivity index (χ1n) is 7.81. The lowest BCUT2D eigenvalue weighted by Crippen LogP contribution is -2.56. The van der Waals surface area contributed by atoms with E-state index in [9.17, 15) is 18.8 Å². The molecule has 142 valence electrons. The van der Waals surface area contributed by atoms with Gasteiger partial charge in [-0.05, 0) is 24.3 Å². The van der Waals surface area contributed by atoms with Crippen molar-refractivity contribution in [1.29, 1.82) is 0 Å². The van der Waals surface area contributed by atoms with E-state index in [1.165, 1.54) is 44.7 Å². The Balaban J connectivity index is 2.25. The monoisotopic (exact) mass is 386 g/mol. The largest absolute Gasteiger partial charge is 0.456 e. The minimum Gasteiger partial charge on any atom is -0.456 e. The van der Waals surface area contributed by atoms with Crippen LogP contribution >= 0.6 is 11.8 Å². The van der Waals surface area contributed by atoms with Gasteiger partial charge in [0, 0.05) is 25.7 Å². The third-order valence-corrected chi connectivity index (χ3v) is 4.55. The van der Waals surface area contributed by atoms with Gasteiger partial charge in [0.15, 0.2) is 18.3 Å². The highest BCUT2D eigenvalue weighted by atomic mass is 32.2. The van der Waals surface area contributed by atoms with E-state index >= 15 is 0 Å². The quantitative estimate of drug-likeness (QED) is 0.561. The Morgan fingerprint density at radius 1 is 0.962 bits per heavy atom. The fourth-order valence-corrected chi connectivity index (χ4v) is 3.51. The van der Waals surface area contributed by atoms with Crippen LogP contribution in [0.4, 0.5) is 4.39 Å². The highest BCUT2D eigenvalue weighted by molar-refractivity contribution is 7.99. The number of hydrogen-bond donors (Lipinski definition) is 0. The maximum Gasteiger partial charge on any atom is 0.303 e. The van der Waals surface area contributed by atoms with Crippen LogP contribution in [0.25, 0.3) is 0 Å². The zero-order chi connectivity index (χ0) is 19.3. The van der Waals surface area contributed by atoms with Crippen molar-refractivity contribution in [3.63, 3.8) is 0 Å². The molecule has 9 heteroatoms. The number of carbonyl (C=O) groups excluding carboxylic acids is 3. The third-order valence-electron chi connectivity index (χ3n) is 3.37. The van der Waals surface area contributed by atoms with Crippen LogP contribution in [0.5, 0.6) is 0 Å². The van der Waals surface area contributed by atoms with Gasteiger partial charge in [0.2, 0.25) is 0 Å². The summed E-state index contributed by atoms with van der Waals surface area (Å²) in [5, 5.41) is 0. The summed E-state index contributed by atoms with van der Waals surface area (Å²) in [6.07, 6.45) is -2.94. The maximum atomic E-state index is 13.1. The highest BCUT2D eigenvalue weighted by Crippen LogP contribution is 2.34. The molecule has 1 saturated heterocycles. The molecule has 0 aliphatic carbocycles. The Bertz CT molecular complexity index is 664. The van der Waals surface area contributed by atoms with Gasteiger partial charge in [0.25, 0.3) is 0 Å². The topological polar surface area (TPSA) is 88.1 Å². The number of ether oxygens (including phenoxy) is 4. The minimum atomic E-state index is -1.02. The molecule has 4 atom stereocenters. The predicted molar refractivity (Wildman–Crippen MR) is 88.7 cm³/mol. The van der Waals surface area contributed by atoms with Crippen molar-refractivity contribution in [3.8, 4) is 0 Å². The van der Waals surface area contributed by atoms with Crippen molar-refractivity contribution in [3.05, 3.63) is 30.1 Å². The van der Waals surface area contributed by atoms with E-state index in [4.69, 9.17) is 18.9 Å². The van der Waals surface area contributed by atoms with Crippen molar-refractivity contribution in [2.45, 2.75) is 49.4 Å². The predicted octanol–water partition coefficient (Wildman–Crippen LogP) is 2.07. The Morgan fingerprint density at radius 2 is 1.50 bits per heavy atom. The molecule has 1 aromatic carbocycles. The second kappa shape index (κ2) is 9.00. The zero-order valence-electron chi connectivity index (χ0n) is 14.5. The standard InChI is InChI=1S/C17H19FO7S/c1-9(19)23-14-8-22-17(26-13-6-4-12(18)5-7-13)16(25-11(3)21)15(14)24-10(2)20/h4-7,14-17H,8H2,1-3H3/t14-,15?,16?,17+/m1/s1. The van der Waals surface area contributed by atoms with E-state index in [-0.39, 0.29) is 12.4 Å². The number of esters is 3. The summed E-state index contributed by atoms with van der Waals surface area (Å²) in [6.45, 7) is 3.58. The first-order valence-corrected chi connectivity index (χ1v) is 8.69. The molecule has 1 aromatic rings. The summed E-state index contributed by atoms with van der Waals surface area (Å²) >= 11 is 1.18. The lowest BCUT2D eigenvalue weighted by atomic mass is 10.1. The molecule has 0 N–H and O–H groups in total. The van der Waals surface area contributed by atoms with Gasteiger partial charge in [-0.3, -0.25) is 14.4 Å². The number of hydrogen-bond acceptors (Lipinski definition) is 8. The summed E-state index contributed by atoms with van der Waals surface area (Å²) < 4.78 is 34.4. The lowest BCUT2D eigenvalue weighted by Gasteiger charge is -2.40. The van der Waals surface area contributed by atoms with Gasteiger partial charge in [0.05, 0.1) is 6.61 Å². The van der Waals surface area contributed by atoms with E-state index < -0.39 is 41.7 Å². The first kappa shape index (κ1) is 20.2. The number of thioether (sulfide) groups is 1. The average molecular weight is 386 g/mol. The van der Waals surface area contributed by atoms with Gasteiger partial charge in [-0.25, -0.2) is 4.39 Å². The summed E-state index contributed by atoms with van der Waals surface area (Å²) in [5.74, 6) is -2.19. The molecule has 0 bridgehead atoms. The normalized spacial score (nSPS) is 25.2. The van der Waals surface area contributed by atoms with Crippen molar-refractivity contribution in [2.75, 3.05) is 6.61 Å². The SMILES string of the molecule is CC(=O)OC1C(OC(C)=O)[C@H](Sc2ccc(F)cc2)OC[C@H]1OC(C)=O. The lowest BCUT2D eigenvalue weighted by molar-refractivity contribution is -0.213. The minimum absolute atomic E-state index is 0.0475. The fourth-order valence-electron chi connectivity index (χ4n) is 2.46. The second-order valence-electron chi connectivity index (χ2n) is 5.57. The maximum absolute atomic E-state index is 13.1. The molecular formula is C17H19FO7S. The molecule has 7 nitrogen and oxygen atoms in total. The summed E-state index contributed by atoms with van der Waals surface area (Å²) in [7, 11) is 0. The molecule has 26 heavy (non-hydrogen) atoms. The van der Waals surface area contributed by atoms with Crippen molar-refractivity contribution < 1.29 is 37.7 Å². The van der Waals surface area contributed by atoms with Crippen LogP contribution in [0.3, 0.4) is 0 Å². The molecular weight excluding hydrogens is 367 g/mol. The smallest absolute Gasteiger partial charge is 0.303 e. The summed E-state index contributed by atoms with van der Waals surface area (Å²) in [4.78, 5) is 35.0. The number of rotatable bonds is 5. The highest BCUT2D eigenvalue weighted by Gasteiger charge is 2.47. The molecule has 0 amide bonds. The molecule has 1 heterocycles. The Kier molecular flexibility index (Phi) is 6.98. The summed E-state index contributed by atoms with van der Waals surface area (Å²) in [6, 6.07) is 5.68. The fraction of sp³-hybridized carbons (Fsp3) is 0.471. The van der Waals surface area contributed by atoms with Gasteiger partial charge in [0.1, 0.15) is 11.3 Å². The first-order chi connectivity index (χ1) is 12.3. The molecule has 0 aromatic heterocycles. The van der Waals surface area contributed by atoms with E-state index in [1.54, 1.807) is 12.1 Å². The molecule has 0 saturated carbocycles. The van der Waals surface area contributed by atoms with E-state index in [0.717, 1.165) is 0 Å². The second-order valence-corrected chi connectivity index (χ2v) is 6.74. The average Bonchev–Trinajstić information content (AvgIpc) is 2.53. The molecule has 1 aliphatic heterocycles. The summed E-state index contributed by atoms with van der Waals surface area (Å²) in [5.41, 5.74) is -0.736. The van der Waals surface area contributed by atoms with Crippen LogP contribution in [0.2, 0.25) is 0 Å². The van der Waals surface area contributed by atoms with Gasteiger partial charge < -0.3 is 18.9 Å². The van der Waals surface area contributed by atoms with Crippen LogP contribution in [0.1, 0.15) is 20.8 Å². The number of halogens is 1. The van der Waals surface area contributed by atoms with Crippen LogP contribution < -0.4 is 0 Å². The van der Waals surface area contributed by atoms with Crippen LogP contribution in [-0.2, 0) is 33.3 Å². The Morgan fingerprint density at radius 3 is 2.04 bits per heavy atom. The van der Waals surface area contributed by atoms with Gasteiger partial charge >= 0.3 is 17.9 Å². The molecule has 1 fully saturated rings. The van der Waals surface area contributed by atoms with Crippen molar-refractivity contribution >= 4 is 29.7 Å². The number of carbonyl (C=O) groups is 3. The van der Waals surface area contributed by atoms with E-state index in [1.807, 2.05) is 0 Å². The number of benzene rings is 1. The van der Waals surface area contributed by atoms with Crippen molar-refractivity contribution in [1.82, 2.24) is 0 Å². The van der Waals surface area contributed by atoms with Crippen LogP contribution in [0, 0.1) is 5.82 Å². The van der Waals surface area contributed by atoms with Gasteiger partial charge in [-0.15, -0.1) is 0 Å². The van der Waals surface area contributed by atoms with Crippen molar-refractivity contribution in [2.24, 2.45) is 0 Å². The molecule has 0 spiro atoms. The van der Waals surface area contributed by atoms with Gasteiger partial charge in [-0.1, -0.05) is 11.8 Å². The van der Waals surface area contributed by atoms with Crippen LogP contribution in [0.15, 0.2) is 29.2 Å².